The fourth-order valence-corrected chi connectivity index (χ4v) is 1.74. The van der Waals surface area contributed by atoms with E-state index in [0.29, 0.717) is 0 Å². The van der Waals surface area contributed by atoms with Crippen LogP contribution in [0, 0.1) is 0 Å². The molecule has 15 heavy (non-hydrogen) atoms. The van der Waals surface area contributed by atoms with Crippen molar-refractivity contribution in [1.29, 1.82) is 0 Å². The van der Waals surface area contributed by atoms with Gasteiger partial charge in [-0.3, -0.25) is 9.89 Å². The highest BCUT2D eigenvalue weighted by atomic mass is 79.9. The molecule has 0 saturated carbocycles. The van der Waals surface area contributed by atoms with Crippen LogP contribution >= 0.6 is 15.9 Å². The Morgan fingerprint density at radius 2 is 2.40 bits per heavy atom. The van der Waals surface area contributed by atoms with Gasteiger partial charge in [-0.2, -0.15) is 5.10 Å². The van der Waals surface area contributed by atoms with E-state index in [0.717, 1.165) is 21.1 Å². The van der Waals surface area contributed by atoms with Crippen LogP contribution in [0.5, 0.6) is 0 Å². The van der Waals surface area contributed by atoms with Crippen molar-refractivity contribution in [3.05, 3.63) is 28.4 Å². The Bertz CT molecular complexity index is 507. The Hall–Kier alpha value is -1.36. The largest absolute Gasteiger partial charge is 0.469 e. The van der Waals surface area contributed by atoms with Crippen molar-refractivity contribution in [2.75, 3.05) is 7.11 Å². The van der Waals surface area contributed by atoms with Gasteiger partial charge < -0.3 is 4.74 Å². The number of halogens is 1. The standard InChI is InChI=1S/C10H9BrN2O2/c1-15-10(14)5-9-7-3-2-6(11)4-8(7)12-13-9/h2-4H,5H2,1H3,(H,12,13). The molecule has 4 nitrogen and oxygen atoms in total. The van der Waals surface area contributed by atoms with Crippen molar-refractivity contribution in [1.82, 2.24) is 10.2 Å². The number of carbonyl (C=O) groups is 1. The topological polar surface area (TPSA) is 55.0 Å². The molecule has 2 aromatic rings. The van der Waals surface area contributed by atoms with Crippen LogP contribution in [0.25, 0.3) is 10.9 Å². The summed E-state index contributed by atoms with van der Waals surface area (Å²) in [4.78, 5) is 11.1. The summed E-state index contributed by atoms with van der Waals surface area (Å²) in [6.45, 7) is 0. The molecule has 0 unspecified atom stereocenters. The number of H-pyrrole nitrogens is 1. The summed E-state index contributed by atoms with van der Waals surface area (Å²) in [6, 6.07) is 5.73. The number of esters is 1. The number of rotatable bonds is 2. The Balaban J connectivity index is 2.41. The summed E-state index contributed by atoms with van der Waals surface area (Å²) < 4.78 is 5.56. The van der Waals surface area contributed by atoms with Crippen molar-refractivity contribution >= 4 is 32.8 Å². The van der Waals surface area contributed by atoms with Gasteiger partial charge in [0.2, 0.25) is 0 Å². The molecule has 0 bridgehead atoms. The molecule has 5 heteroatoms. The lowest BCUT2D eigenvalue weighted by Gasteiger charge is -1.97. The number of aromatic nitrogens is 2. The molecule has 0 radical (unpaired) electrons. The fourth-order valence-electron chi connectivity index (χ4n) is 1.39. The number of carbonyl (C=O) groups excluding carboxylic acids is 1. The van der Waals surface area contributed by atoms with E-state index in [1.54, 1.807) is 0 Å². The number of nitrogens with zero attached hydrogens (tertiary/aromatic N) is 1. The van der Waals surface area contributed by atoms with Gasteiger partial charge in [0.1, 0.15) is 0 Å². The van der Waals surface area contributed by atoms with Gasteiger partial charge in [-0.25, -0.2) is 0 Å². The van der Waals surface area contributed by atoms with Crippen molar-refractivity contribution < 1.29 is 9.53 Å². The molecule has 0 saturated heterocycles. The third kappa shape index (κ3) is 2.02. The Kier molecular flexibility index (Phi) is 2.73. The van der Waals surface area contributed by atoms with Crippen LogP contribution in [0.4, 0.5) is 0 Å². The van der Waals surface area contributed by atoms with E-state index in [1.807, 2.05) is 18.2 Å². The van der Waals surface area contributed by atoms with Crippen LogP contribution in [0.2, 0.25) is 0 Å². The highest BCUT2D eigenvalue weighted by molar-refractivity contribution is 9.10. The molecule has 0 fully saturated rings. The minimum atomic E-state index is -0.275. The Labute approximate surface area is 94.7 Å². The van der Waals surface area contributed by atoms with Crippen molar-refractivity contribution in [2.24, 2.45) is 0 Å². The lowest BCUT2D eigenvalue weighted by Crippen LogP contribution is -2.04. The monoisotopic (exact) mass is 268 g/mol. The lowest BCUT2D eigenvalue weighted by atomic mass is 10.2. The molecule has 0 aliphatic rings. The van der Waals surface area contributed by atoms with Gasteiger partial charge in [-0.05, 0) is 18.2 Å². The molecular formula is C10H9BrN2O2. The maximum atomic E-state index is 11.1. The number of nitrogens with one attached hydrogen (secondary N) is 1. The number of hydrogen-bond donors (Lipinski definition) is 1. The summed E-state index contributed by atoms with van der Waals surface area (Å²) in [5.41, 5.74) is 1.62. The van der Waals surface area contributed by atoms with Crippen LogP contribution in [-0.2, 0) is 16.0 Å². The van der Waals surface area contributed by atoms with E-state index in [1.165, 1.54) is 7.11 Å². The van der Waals surface area contributed by atoms with E-state index in [2.05, 4.69) is 30.9 Å². The summed E-state index contributed by atoms with van der Waals surface area (Å²) in [5.74, 6) is -0.275. The quantitative estimate of drug-likeness (QED) is 0.849. The molecule has 0 aliphatic carbocycles. The number of methoxy groups -OCH3 is 1. The highest BCUT2D eigenvalue weighted by Gasteiger charge is 2.09. The average molecular weight is 269 g/mol. The second-order valence-corrected chi connectivity index (χ2v) is 4.03. The highest BCUT2D eigenvalue weighted by Crippen LogP contribution is 2.20. The number of benzene rings is 1. The van der Waals surface area contributed by atoms with Crippen LogP contribution in [0.15, 0.2) is 22.7 Å². The van der Waals surface area contributed by atoms with E-state index >= 15 is 0 Å². The molecule has 2 rings (SSSR count). The van der Waals surface area contributed by atoms with E-state index in [9.17, 15) is 4.79 Å². The predicted molar refractivity (Wildman–Crippen MR) is 59.5 cm³/mol. The molecule has 1 heterocycles. The maximum Gasteiger partial charge on any atom is 0.311 e. The fraction of sp³-hybridized carbons (Fsp3) is 0.200. The minimum Gasteiger partial charge on any atom is -0.469 e. The van der Waals surface area contributed by atoms with Crippen LogP contribution in [0.3, 0.4) is 0 Å². The SMILES string of the molecule is COC(=O)Cc1[nH]nc2cc(Br)ccc12. The molecule has 0 atom stereocenters. The zero-order valence-electron chi connectivity index (χ0n) is 8.08. The van der Waals surface area contributed by atoms with Gasteiger partial charge in [0.25, 0.3) is 0 Å². The predicted octanol–water partition coefficient (Wildman–Crippen LogP) is 2.04. The third-order valence-corrected chi connectivity index (χ3v) is 2.64. The smallest absolute Gasteiger partial charge is 0.311 e. The summed E-state index contributed by atoms with van der Waals surface area (Å²) >= 11 is 3.36. The normalized spacial score (nSPS) is 10.5. The van der Waals surface area contributed by atoms with E-state index in [-0.39, 0.29) is 12.4 Å². The molecular weight excluding hydrogens is 260 g/mol. The summed E-state index contributed by atoms with van der Waals surface area (Å²) in [7, 11) is 1.37. The van der Waals surface area contributed by atoms with Crippen LogP contribution < -0.4 is 0 Å². The number of ether oxygens (including phenoxy) is 1. The molecule has 0 aliphatic heterocycles. The van der Waals surface area contributed by atoms with Crippen molar-refractivity contribution in [3.8, 4) is 0 Å². The number of hydrogen-bond acceptors (Lipinski definition) is 3. The zero-order chi connectivity index (χ0) is 10.8. The zero-order valence-corrected chi connectivity index (χ0v) is 9.67. The minimum absolute atomic E-state index is 0.217. The second-order valence-electron chi connectivity index (χ2n) is 3.12. The first-order valence-electron chi connectivity index (χ1n) is 4.40. The van der Waals surface area contributed by atoms with Crippen molar-refractivity contribution in [2.45, 2.75) is 6.42 Å². The molecule has 78 valence electrons. The molecule has 0 amide bonds. The molecule has 1 aromatic carbocycles. The first kappa shape index (κ1) is 10.2. The average Bonchev–Trinajstić information content (AvgIpc) is 2.60. The van der Waals surface area contributed by atoms with Gasteiger partial charge >= 0.3 is 5.97 Å². The molecule has 1 N–H and O–H groups in total. The van der Waals surface area contributed by atoms with Crippen LogP contribution in [0.1, 0.15) is 5.69 Å². The summed E-state index contributed by atoms with van der Waals surface area (Å²) in [5, 5.41) is 7.89. The van der Waals surface area contributed by atoms with Gasteiger partial charge in [-0.15, -0.1) is 0 Å². The molecule has 0 spiro atoms. The van der Waals surface area contributed by atoms with Gasteiger partial charge in [-0.1, -0.05) is 15.9 Å². The van der Waals surface area contributed by atoms with Crippen LogP contribution in [-0.4, -0.2) is 23.3 Å². The van der Waals surface area contributed by atoms with Gasteiger partial charge in [0.15, 0.2) is 0 Å². The third-order valence-electron chi connectivity index (χ3n) is 2.14. The number of fused-ring (bicyclic) bond motifs is 1. The Morgan fingerprint density at radius 1 is 1.60 bits per heavy atom. The Morgan fingerprint density at radius 3 is 3.13 bits per heavy atom. The molecule has 1 aromatic heterocycles. The lowest BCUT2D eigenvalue weighted by molar-refractivity contribution is -0.139. The van der Waals surface area contributed by atoms with E-state index in [4.69, 9.17) is 0 Å². The number of aromatic amines is 1. The van der Waals surface area contributed by atoms with Gasteiger partial charge in [0.05, 0.1) is 24.7 Å². The maximum absolute atomic E-state index is 11.1. The first-order chi connectivity index (χ1) is 7.20. The second kappa shape index (κ2) is 4.02. The van der Waals surface area contributed by atoms with Gasteiger partial charge in [0, 0.05) is 9.86 Å². The summed E-state index contributed by atoms with van der Waals surface area (Å²) in [6.07, 6.45) is 0.217. The van der Waals surface area contributed by atoms with E-state index < -0.39 is 0 Å². The first-order valence-corrected chi connectivity index (χ1v) is 5.19. The van der Waals surface area contributed by atoms with Crippen molar-refractivity contribution in [3.63, 3.8) is 0 Å².